The van der Waals surface area contributed by atoms with Crippen molar-refractivity contribution in [3.63, 3.8) is 0 Å². The molecule has 2 fully saturated rings. The quantitative estimate of drug-likeness (QED) is 0.0500. The molecule has 0 spiro atoms. The third kappa shape index (κ3) is 14.2. The molecule has 3 aliphatic rings. The van der Waals surface area contributed by atoms with Crippen molar-refractivity contribution in [2.24, 2.45) is 0 Å². The summed E-state index contributed by atoms with van der Waals surface area (Å²) >= 11 is 0. The number of nitrogens with zero attached hydrogens (tertiary/aromatic N) is 3. The summed E-state index contributed by atoms with van der Waals surface area (Å²) in [6.07, 6.45) is 1.28. The Morgan fingerprint density at radius 2 is 1.30 bits per heavy atom. The van der Waals surface area contributed by atoms with Crippen LogP contribution in [0.2, 0.25) is 0 Å². The normalized spacial score (nSPS) is 17.4. The number of carboxylic acid groups (broad SMARTS) is 3. The molecule has 5 atom stereocenters. The van der Waals surface area contributed by atoms with Crippen LogP contribution in [0.3, 0.4) is 0 Å². The van der Waals surface area contributed by atoms with Crippen LogP contribution in [0.4, 0.5) is 4.79 Å². The van der Waals surface area contributed by atoms with Crippen LogP contribution in [0, 0.1) is 0 Å². The van der Waals surface area contributed by atoms with Crippen LogP contribution >= 0.6 is 21.6 Å². The van der Waals surface area contributed by atoms with Gasteiger partial charge in [-0.25, -0.2) is 14.6 Å². The fourth-order valence-electron chi connectivity index (χ4n) is 8.75. The van der Waals surface area contributed by atoms with Crippen molar-refractivity contribution in [1.29, 1.82) is 0 Å². The zero-order valence-electron chi connectivity index (χ0n) is 37.6. The van der Waals surface area contributed by atoms with Crippen LogP contribution < -0.4 is 21.3 Å². The molecule has 20 nitrogen and oxygen atoms in total. The molecule has 368 valence electrons. The summed E-state index contributed by atoms with van der Waals surface area (Å²) in [6.45, 7) is 0.693. The Morgan fingerprint density at radius 1 is 0.710 bits per heavy atom. The average Bonchev–Trinajstić information content (AvgIpc) is 4.10. The molecule has 7 N–H and O–H groups in total. The number of nitrogens with one attached hydrogen (secondary N) is 4. The van der Waals surface area contributed by atoms with Gasteiger partial charge in [-0.2, -0.15) is 0 Å². The SMILES string of the molecule is O=C(O)CC(NC(=O)C(CC(=O)O)NC(=O)C1CCCN1C(=O)C(CCCCNC(=O)OCC1c2ccccc2-c2ccccc21)NC(=O)C1CCCN1C(=O)CCSSc1ccccn1)C(=O)O. The van der Waals surface area contributed by atoms with E-state index in [4.69, 9.17) is 9.84 Å². The summed E-state index contributed by atoms with van der Waals surface area (Å²) in [5.74, 6) is -8.04. The Bertz CT molecular complexity index is 2330. The lowest BCUT2D eigenvalue weighted by Gasteiger charge is -2.31. The molecule has 22 heteroatoms. The second kappa shape index (κ2) is 25.1. The summed E-state index contributed by atoms with van der Waals surface area (Å²) in [5.41, 5.74) is 4.31. The van der Waals surface area contributed by atoms with Gasteiger partial charge in [-0.3, -0.25) is 33.6 Å². The van der Waals surface area contributed by atoms with E-state index < -0.39 is 90.7 Å². The zero-order valence-corrected chi connectivity index (χ0v) is 39.2. The van der Waals surface area contributed by atoms with Crippen molar-refractivity contribution < 1.29 is 63.2 Å². The van der Waals surface area contributed by atoms with E-state index in [1.54, 1.807) is 12.3 Å². The molecular formula is C47H55N7O13S2. The fraction of sp³-hybridized carbons (Fsp3) is 0.447. The second-order valence-corrected chi connectivity index (χ2v) is 19.2. The molecule has 3 aromatic rings. The van der Waals surface area contributed by atoms with E-state index in [-0.39, 0.29) is 50.8 Å². The number of carbonyl (C=O) groups excluding carboxylic acids is 6. The maximum absolute atomic E-state index is 14.5. The van der Waals surface area contributed by atoms with Gasteiger partial charge in [-0.15, -0.1) is 0 Å². The predicted molar refractivity (Wildman–Crippen MR) is 251 cm³/mol. The van der Waals surface area contributed by atoms with Crippen LogP contribution in [0.15, 0.2) is 78.0 Å². The molecule has 6 amide bonds. The second-order valence-electron chi connectivity index (χ2n) is 16.7. The third-order valence-corrected chi connectivity index (χ3v) is 14.3. The van der Waals surface area contributed by atoms with E-state index in [0.29, 0.717) is 44.4 Å². The highest BCUT2D eigenvalue weighted by Gasteiger charge is 2.41. The number of hydrogen-bond donors (Lipinski definition) is 7. The maximum Gasteiger partial charge on any atom is 0.407 e. The molecular weight excluding hydrogens is 935 g/mol. The van der Waals surface area contributed by atoms with Crippen LogP contribution in [0.25, 0.3) is 11.1 Å². The summed E-state index contributed by atoms with van der Waals surface area (Å²) < 4.78 is 5.65. The van der Waals surface area contributed by atoms with Gasteiger partial charge in [0.25, 0.3) is 0 Å². The lowest BCUT2D eigenvalue weighted by molar-refractivity contribution is -0.148. The Kier molecular flexibility index (Phi) is 18.8. The fourth-order valence-corrected chi connectivity index (χ4v) is 10.6. The number of fused-ring (bicyclic) bond motifs is 3. The van der Waals surface area contributed by atoms with Gasteiger partial charge >= 0.3 is 24.0 Å². The lowest BCUT2D eigenvalue weighted by Crippen LogP contribution is -2.58. The van der Waals surface area contributed by atoms with Crippen molar-refractivity contribution in [2.75, 3.05) is 32.0 Å². The van der Waals surface area contributed by atoms with Crippen LogP contribution in [0.1, 0.15) is 81.3 Å². The smallest absolute Gasteiger partial charge is 0.407 e. The number of alkyl carbamates (subject to hydrolysis) is 1. The van der Waals surface area contributed by atoms with Gasteiger partial charge in [-0.05, 0) is 90.1 Å². The molecule has 2 aliphatic heterocycles. The lowest BCUT2D eigenvalue weighted by atomic mass is 9.98. The highest BCUT2D eigenvalue weighted by atomic mass is 33.1. The number of ether oxygens (including phenoxy) is 1. The number of aliphatic carboxylic acids is 3. The van der Waals surface area contributed by atoms with E-state index >= 15 is 0 Å². The van der Waals surface area contributed by atoms with Gasteiger partial charge < -0.3 is 51.1 Å². The molecule has 2 aromatic carbocycles. The van der Waals surface area contributed by atoms with Crippen molar-refractivity contribution >= 4 is 75.1 Å². The largest absolute Gasteiger partial charge is 0.481 e. The number of unbranched alkanes of at least 4 members (excludes halogenated alkanes) is 1. The van der Waals surface area contributed by atoms with E-state index in [1.807, 2.05) is 66.0 Å². The van der Waals surface area contributed by atoms with E-state index in [0.717, 1.165) is 27.3 Å². The van der Waals surface area contributed by atoms with Gasteiger partial charge in [-0.1, -0.05) is 65.4 Å². The van der Waals surface area contributed by atoms with Gasteiger partial charge in [0.05, 0.1) is 12.8 Å². The highest BCUT2D eigenvalue weighted by Crippen LogP contribution is 2.44. The van der Waals surface area contributed by atoms with Crippen LogP contribution in [-0.4, -0.2) is 146 Å². The van der Waals surface area contributed by atoms with Crippen molar-refractivity contribution in [2.45, 2.75) is 105 Å². The van der Waals surface area contributed by atoms with Crippen molar-refractivity contribution in [3.8, 4) is 11.1 Å². The van der Waals surface area contributed by atoms with E-state index in [1.165, 1.54) is 31.4 Å². The Morgan fingerprint density at radius 3 is 1.93 bits per heavy atom. The minimum atomic E-state index is -1.92. The first-order chi connectivity index (χ1) is 33.2. The first-order valence-electron chi connectivity index (χ1n) is 22.7. The number of benzene rings is 2. The molecule has 1 aromatic heterocycles. The van der Waals surface area contributed by atoms with Crippen molar-refractivity contribution in [1.82, 2.24) is 36.1 Å². The molecule has 0 radical (unpaired) electrons. The Hall–Kier alpha value is -6.68. The van der Waals surface area contributed by atoms with E-state index in [2.05, 4.69) is 20.9 Å². The molecule has 0 bridgehead atoms. The Labute approximate surface area is 405 Å². The summed E-state index contributed by atoms with van der Waals surface area (Å²) in [7, 11) is 2.89. The number of aromatic nitrogens is 1. The molecule has 0 saturated carbocycles. The summed E-state index contributed by atoms with van der Waals surface area (Å²) in [5, 5.41) is 38.7. The van der Waals surface area contributed by atoms with Gasteiger partial charge in [0, 0.05) is 43.9 Å². The first kappa shape index (κ1) is 51.7. The number of pyridine rings is 1. The van der Waals surface area contributed by atoms with Gasteiger partial charge in [0.1, 0.15) is 41.8 Å². The van der Waals surface area contributed by atoms with Crippen LogP contribution in [-0.2, 0) is 43.1 Å². The number of likely N-dealkylation sites (tertiary alicyclic amines) is 2. The molecule has 6 rings (SSSR count). The molecule has 69 heavy (non-hydrogen) atoms. The standard InChI is InChI=1S/C47H55N7O13S2/c55-39(19-24-68-69-38-18-6-8-20-48-38)53-22-9-16-36(53)43(61)50-33(15-5-7-21-49-47(66)67-27-32-30-13-3-1-11-28(30)29-12-2-4-14-31(29)32)45(63)54-23-10-17-37(54)44(62)51-34(25-40(56)57)42(60)52-35(46(64)65)26-41(58)59/h1-4,6,8,11-14,18,20,32-37H,5,7,9-10,15-17,19,21-27H2,(H,49,66)(H,50,61)(H,51,62)(H,52,60)(H,56,57)(H,58,59)(H,64,65). The minimum Gasteiger partial charge on any atom is -0.481 e. The average molecular weight is 990 g/mol. The number of carbonyl (C=O) groups is 9. The van der Waals surface area contributed by atoms with Gasteiger partial charge in [0.2, 0.25) is 29.5 Å². The number of hydrogen-bond acceptors (Lipinski definition) is 13. The van der Waals surface area contributed by atoms with E-state index in [9.17, 15) is 53.4 Å². The number of carboxylic acids is 3. The molecule has 2 saturated heterocycles. The third-order valence-electron chi connectivity index (χ3n) is 12.0. The monoisotopic (exact) mass is 989 g/mol. The topological polar surface area (TPSA) is 291 Å². The highest BCUT2D eigenvalue weighted by molar-refractivity contribution is 8.76. The number of amides is 6. The predicted octanol–water partition coefficient (Wildman–Crippen LogP) is 3.39. The van der Waals surface area contributed by atoms with Gasteiger partial charge in [0.15, 0.2) is 0 Å². The molecule has 1 aliphatic carbocycles. The first-order valence-corrected chi connectivity index (χ1v) is 25.0. The summed E-state index contributed by atoms with van der Waals surface area (Å²) in [4.78, 5) is 123. The maximum atomic E-state index is 14.5. The number of rotatable bonds is 24. The zero-order chi connectivity index (χ0) is 49.5. The minimum absolute atomic E-state index is 0.0599. The van der Waals surface area contributed by atoms with Crippen molar-refractivity contribution in [3.05, 3.63) is 84.1 Å². The van der Waals surface area contributed by atoms with Crippen LogP contribution in [0.5, 0.6) is 0 Å². The summed E-state index contributed by atoms with van der Waals surface area (Å²) in [6, 6.07) is 14.4. The Balaban J connectivity index is 1.08. The molecule has 5 unspecified atom stereocenters. The molecule has 3 heterocycles.